The van der Waals surface area contributed by atoms with Crippen molar-refractivity contribution >= 4 is 11.9 Å². The number of guanidine groups is 1. The number of esters is 1. The number of nitrogens with zero attached hydrogens (tertiary/aromatic N) is 4. The van der Waals surface area contributed by atoms with Crippen molar-refractivity contribution in [3.05, 3.63) is 29.3 Å². The first-order valence-corrected chi connectivity index (χ1v) is 8.25. The van der Waals surface area contributed by atoms with Crippen LogP contribution in [0.5, 0.6) is 5.75 Å². The van der Waals surface area contributed by atoms with E-state index >= 15 is 0 Å². The van der Waals surface area contributed by atoms with Gasteiger partial charge in [0.15, 0.2) is 6.10 Å². The van der Waals surface area contributed by atoms with Gasteiger partial charge in [-0.15, -0.1) is 4.99 Å². The lowest BCUT2D eigenvalue weighted by Gasteiger charge is -2.46. The van der Waals surface area contributed by atoms with Crippen molar-refractivity contribution in [2.45, 2.75) is 38.5 Å². The minimum absolute atomic E-state index is 0.417. The van der Waals surface area contributed by atoms with Gasteiger partial charge in [-0.05, 0) is 32.0 Å². The molecule has 1 saturated heterocycles. The number of ether oxygens (including phenoxy) is 2. The largest absolute Gasteiger partial charge is 0.484 e. The Morgan fingerprint density at radius 3 is 2.88 bits per heavy atom. The first-order valence-electron chi connectivity index (χ1n) is 8.25. The molecule has 2 heterocycles. The van der Waals surface area contributed by atoms with E-state index in [0.29, 0.717) is 30.4 Å². The van der Waals surface area contributed by atoms with E-state index in [9.17, 15) is 10.1 Å². The number of hydrogen-bond acceptors (Lipinski definition) is 6. The Morgan fingerprint density at radius 2 is 2.23 bits per heavy atom. The van der Waals surface area contributed by atoms with E-state index in [0.717, 1.165) is 5.56 Å². The van der Waals surface area contributed by atoms with E-state index in [4.69, 9.17) is 14.7 Å². The van der Waals surface area contributed by atoms with Crippen molar-refractivity contribution in [3.63, 3.8) is 0 Å². The summed E-state index contributed by atoms with van der Waals surface area (Å²) < 4.78 is 11.7. The fourth-order valence-electron chi connectivity index (χ4n) is 3.46. The summed E-state index contributed by atoms with van der Waals surface area (Å²) in [6.45, 7) is 6.23. The molecule has 0 aromatic heterocycles. The predicted octanol–water partition coefficient (Wildman–Crippen LogP) is 1.44. The van der Waals surface area contributed by atoms with Crippen LogP contribution in [0.3, 0.4) is 0 Å². The van der Waals surface area contributed by atoms with Crippen molar-refractivity contribution in [1.29, 1.82) is 10.5 Å². The third kappa shape index (κ3) is 3.02. The Hall–Kier alpha value is -3.26. The van der Waals surface area contributed by atoms with Crippen molar-refractivity contribution in [1.82, 2.24) is 10.2 Å². The number of nitriles is 2. The number of nitrogens with one attached hydrogen (secondary N) is 1. The van der Waals surface area contributed by atoms with Crippen LogP contribution in [0, 0.1) is 22.8 Å². The molecular weight excluding hydrogens is 334 g/mol. The fraction of sp³-hybridized carbons (Fsp3) is 0.444. The average Bonchev–Trinajstić information content (AvgIpc) is 3.03. The third-order valence-electron chi connectivity index (χ3n) is 4.49. The van der Waals surface area contributed by atoms with Gasteiger partial charge in [-0.3, -0.25) is 4.79 Å². The predicted molar refractivity (Wildman–Crippen MR) is 91.9 cm³/mol. The number of carbonyl (C=O) groups is 1. The van der Waals surface area contributed by atoms with Crippen molar-refractivity contribution in [2.24, 2.45) is 4.99 Å². The number of fused-ring (bicyclic) bond motifs is 1. The molecule has 1 aromatic carbocycles. The maximum Gasteiger partial charge on any atom is 0.303 e. The Bertz CT molecular complexity index is 849. The number of benzene rings is 1. The Kier molecular flexibility index (Phi) is 4.43. The highest BCUT2D eigenvalue weighted by molar-refractivity contribution is 5.83. The zero-order valence-electron chi connectivity index (χ0n) is 14.8. The van der Waals surface area contributed by atoms with Gasteiger partial charge >= 0.3 is 5.97 Å². The van der Waals surface area contributed by atoms with Gasteiger partial charge in [-0.2, -0.15) is 10.5 Å². The second kappa shape index (κ2) is 6.57. The Balaban J connectivity index is 2.17. The van der Waals surface area contributed by atoms with Crippen LogP contribution >= 0.6 is 0 Å². The normalized spacial score (nSPS) is 24.7. The zero-order chi connectivity index (χ0) is 18.9. The molecule has 2 atom stereocenters. The van der Waals surface area contributed by atoms with Gasteiger partial charge in [0.25, 0.3) is 0 Å². The summed E-state index contributed by atoms with van der Waals surface area (Å²) in [5.41, 5.74) is 0.395. The van der Waals surface area contributed by atoms with E-state index in [1.54, 1.807) is 24.4 Å². The summed E-state index contributed by atoms with van der Waals surface area (Å²) in [6, 6.07) is 6.85. The molecular formula is C18H19N5O3. The molecule has 0 amide bonds. The number of rotatable bonds is 2. The summed E-state index contributed by atoms with van der Waals surface area (Å²) in [7, 11) is 0. The van der Waals surface area contributed by atoms with Crippen LogP contribution in [0.4, 0.5) is 0 Å². The van der Waals surface area contributed by atoms with Gasteiger partial charge < -0.3 is 19.7 Å². The Morgan fingerprint density at radius 1 is 1.46 bits per heavy atom. The highest BCUT2D eigenvalue weighted by atomic mass is 16.6. The standard InChI is InChI=1S/C18H19N5O3/c1-11(24)25-16-15(23-7-6-21-17(23)22-10-20)13-8-12(9-19)4-5-14(13)26-18(16,2)3/h4-5,8,15-16H,6-7H2,1-3H3,(H,21,22). The van der Waals surface area contributed by atoms with E-state index in [1.807, 2.05) is 18.7 Å². The summed E-state index contributed by atoms with van der Waals surface area (Å²) in [5.74, 6) is 0.605. The van der Waals surface area contributed by atoms with E-state index < -0.39 is 23.7 Å². The monoisotopic (exact) mass is 353 g/mol. The third-order valence-corrected chi connectivity index (χ3v) is 4.49. The molecule has 3 rings (SSSR count). The second-order valence-corrected chi connectivity index (χ2v) is 6.70. The molecule has 1 aromatic rings. The lowest BCUT2D eigenvalue weighted by Crippen LogP contribution is -2.56. The molecule has 8 nitrogen and oxygen atoms in total. The van der Waals surface area contributed by atoms with E-state index in [-0.39, 0.29) is 0 Å². The molecule has 2 unspecified atom stereocenters. The zero-order valence-corrected chi connectivity index (χ0v) is 14.8. The lowest BCUT2D eigenvalue weighted by molar-refractivity contribution is -0.166. The highest BCUT2D eigenvalue weighted by Gasteiger charge is 2.50. The molecule has 26 heavy (non-hydrogen) atoms. The molecule has 0 saturated carbocycles. The van der Waals surface area contributed by atoms with Gasteiger partial charge in [0, 0.05) is 25.6 Å². The molecule has 134 valence electrons. The second-order valence-electron chi connectivity index (χ2n) is 6.70. The van der Waals surface area contributed by atoms with Crippen LogP contribution in [0.15, 0.2) is 23.2 Å². The number of carbonyl (C=O) groups excluding carboxylic acids is 1. The molecule has 0 bridgehead atoms. The minimum atomic E-state index is -0.808. The van der Waals surface area contributed by atoms with Gasteiger partial charge in [-0.25, -0.2) is 0 Å². The molecule has 2 aliphatic heterocycles. The van der Waals surface area contributed by atoms with E-state index in [2.05, 4.69) is 16.4 Å². The van der Waals surface area contributed by atoms with Crippen LogP contribution in [0.2, 0.25) is 0 Å². The van der Waals surface area contributed by atoms with Gasteiger partial charge in [0.2, 0.25) is 12.2 Å². The topological polar surface area (TPSA) is 111 Å². The maximum absolute atomic E-state index is 11.8. The van der Waals surface area contributed by atoms with Crippen LogP contribution in [0.1, 0.15) is 37.9 Å². The molecule has 0 aliphatic carbocycles. The SMILES string of the molecule is CC(=O)OC1C(N2CCN/C2=N\C#N)c2cc(C#N)ccc2OC1(C)C. The van der Waals surface area contributed by atoms with Crippen LogP contribution in [-0.4, -0.2) is 41.6 Å². The summed E-state index contributed by atoms with van der Waals surface area (Å²) in [4.78, 5) is 17.5. The molecule has 0 radical (unpaired) electrons. The molecule has 1 N–H and O–H groups in total. The summed E-state index contributed by atoms with van der Waals surface area (Å²) >= 11 is 0. The lowest BCUT2D eigenvalue weighted by atomic mass is 9.84. The molecule has 8 heteroatoms. The fourth-order valence-corrected chi connectivity index (χ4v) is 3.46. The van der Waals surface area contributed by atoms with Gasteiger partial charge in [0.05, 0.1) is 11.6 Å². The van der Waals surface area contributed by atoms with Gasteiger partial charge in [-0.1, -0.05) is 0 Å². The molecule has 1 fully saturated rings. The molecule has 0 spiro atoms. The van der Waals surface area contributed by atoms with Crippen LogP contribution in [0.25, 0.3) is 0 Å². The Labute approximate surface area is 151 Å². The molecule has 2 aliphatic rings. The van der Waals surface area contributed by atoms with Crippen LogP contribution < -0.4 is 10.1 Å². The minimum Gasteiger partial charge on any atom is -0.484 e. The number of aliphatic imine (C=N–C) groups is 1. The quantitative estimate of drug-likeness (QED) is 0.632. The number of hydrogen-bond donors (Lipinski definition) is 1. The van der Waals surface area contributed by atoms with Crippen molar-refractivity contribution in [2.75, 3.05) is 13.1 Å². The van der Waals surface area contributed by atoms with Crippen molar-refractivity contribution in [3.8, 4) is 18.0 Å². The summed E-state index contributed by atoms with van der Waals surface area (Å²) in [6.07, 6.45) is 1.15. The average molecular weight is 353 g/mol. The highest BCUT2D eigenvalue weighted by Crippen LogP contribution is 2.45. The maximum atomic E-state index is 11.8. The van der Waals surface area contributed by atoms with E-state index in [1.165, 1.54) is 6.92 Å². The smallest absolute Gasteiger partial charge is 0.303 e. The van der Waals surface area contributed by atoms with Crippen LogP contribution in [-0.2, 0) is 9.53 Å². The first kappa shape index (κ1) is 17.6. The summed E-state index contributed by atoms with van der Waals surface area (Å²) in [5, 5.41) is 21.3. The van der Waals surface area contributed by atoms with Gasteiger partial charge in [0.1, 0.15) is 17.4 Å². The van der Waals surface area contributed by atoms with Crippen molar-refractivity contribution < 1.29 is 14.3 Å². The first-order chi connectivity index (χ1) is 12.4.